The molecule has 0 aliphatic heterocycles. The van der Waals surface area contributed by atoms with Crippen LogP contribution < -0.4 is 4.31 Å². The summed E-state index contributed by atoms with van der Waals surface area (Å²) in [4.78, 5) is 24.8. The molecule has 1 aromatic heterocycles. The predicted octanol–water partition coefficient (Wildman–Crippen LogP) is 2.79. The number of sulfonamides is 1. The number of aryl methyl sites for hydroxylation is 2. The lowest BCUT2D eigenvalue weighted by Crippen LogP contribution is -2.36. The molecule has 2 rings (SSSR count). The van der Waals surface area contributed by atoms with Crippen molar-refractivity contribution in [3.63, 3.8) is 0 Å². The monoisotopic (exact) mass is 418 g/mol. The second-order valence-electron chi connectivity index (χ2n) is 6.82. The Bertz CT molecular complexity index is 1040. The van der Waals surface area contributed by atoms with E-state index in [9.17, 15) is 18.0 Å². The minimum Gasteiger partial charge on any atom is -0.456 e. The molecule has 1 aromatic carbocycles. The van der Waals surface area contributed by atoms with Crippen LogP contribution in [0.4, 0.5) is 5.69 Å². The van der Waals surface area contributed by atoms with E-state index in [0.717, 1.165) is 21.9 Å². The number of carbonyl (C=O) groups is 2. The van der Waals surface area contributed by atoms with Crippen LogP contribution in [0.5, 0.6) is 0 Å². The summed E-state index contributed by atoms with van der Waals surface area (Å²) in [6.45, 7) is 8.76. The number of allylic oxidation sites excluding steroid dienone is 1. The molecular weight excluding hydrogens is 392 g/mol. The first kappa shape index (κ1) is 22.4. The Morgan fingerprint density at radius 3 is 2.45 bits per heavy atom. The van der Waals surface area contributed by atoms with Gasteiger partial charge < -0.3 is 9.30 Å². The van der Waals surface area contributed by atoms with Gasteiger partial charge in [0.15, 0.2) is 6.61 Å². The number of hydrogen-bond acceptors (Lipinski definition) is 5. The SMILES string of the molecule is C=CCn1c(C)cc(C(=O)COC(=O)CN(c2ccccc2C)S(C)(=O)=O)c1C. The number of benzene rings is 1. The maximum absolute atomic E-state index is 12.5. The summed E-state index contributed by atoms with van der Waals surface area (Å²) >= 11 is 0. The molecule has 0 spiro atoms. The Morgan fingerprint density at radius 2 is 1.86 bits per heavy atom. The van der Waals surface area contributed by atoms with Crippen LogP contribution in [-0.4, -0.2) is 44.1 Å². The zero-order valence-electron chi connectivity index (χ0n) is 17.1. The van der Waals surface area contributed by atoms with Crippen molar-refractivity contribution in [3.8, 4) is 0 Å². The van der Waals surface area contributed by atoms with Crippen LogP contribution in [0.2, 0.25) is 0 Å². The van der Waals surface area contributed by atoms with Gasteiger partial charge in [0.05, 0.1) is 11.9 Å². The van der Waals surface area contributed by atoms with E-state index in [0.29, 0.717) is 23.4 Å². The molecule has 0 fully saturated rings. The lowest BCUT2D eigenvalue weighted by molar-refractivity contribution is -0.140. The lowest BCUT2D eigenvalue weighted by atomic mass is 10.1. The molecule has 0 radical (unpaired) electrons. The minimum absolute atomic E-state index is 0.344. The van der Waals surface area contributed by atoms with E-state index in [4.69, 9.17) is 4.74 Å². The smallest absolute Gasteiger partial charge is 0.327 e. The molecule has 2 aromatic rings. The van der Waals surface area contributed by atoms with Crippen LogP contribution in [0.1, 0.15) is 27.3 Å². The summed E-state index contributed by atoms with van der Waals surface area (Å²) in [5.41, 5.74) is 3.24. The maximum Gasteiger partial charge on any atom is 0.327 e. The van der Waals surface area contributed by atoms with Gasteiger partial charge in [0.2, 0.25) is 15.8 Å². The van der Waals surface area contributed by atoms with Gasteiger partial charge in [-0.15, -0.1) is 6.58 Å². The summed E-state index contributed by atoms with van der Waals surface area (Å²) in [6, 6.07) is 8.57. The summed E-state index contributed by atoms with van der Waals surface area (Å²) in [6.07, 6.45) is 2.76. The van der Waals surface area contributed by atoms with Gasteiger partial charge in [0, 0.05) is 23.5 Å². The first-order valence-corrected chi connectivity index (χ1v) is 10.9. The number of aromatic nitrogens is 1. The van der Waals surface area contributed by atoms with Crippen LogP contribution in [0.15, 0.2) is 43.0 Å². The maximum atomic E-state index is 12.5. The molecule has 29 heavy (non-hydrogen) atoms. The molecule has 156 valence electrons. The molecule has 0 saturated carbocycles. The predicted molar refractivity (Wildman–Crippen MR) is 113 cm³/mol. The Labute approximate surface area is 171 Å². The standard InChI is InChI=1S/C21H26N2O5S/c1-6-11-22-16(3)12-18(17(22)4)20(24)14-28-21(25)13-23(29(5,26)27)19-10-8-7-9-15(19)2/h6-10,12H,1,11,13-14H2,2-5H3. The van der Waals surface area contributed by atoms with Gasteiger partial charge >= 0.3 is 5.97 Å². The van der Waals surface area contributed by atoms with Crippen molar-refractivity contribution in [2.45, 2.75) is 27.3 Å². The number of carbonyl (C=O) groups excluding carboxylic acids is 2. The third-order valence-electron chi connectivity index (χ3n) is 4.61. The Balaban J connectivity index is 2.10. The molecule has 0 amide bonds. The van der Waals surface area contributed by atoms with Crippen LogP contribution in [0.3, 0.4) is 0 Å². The molecule has 0 bridgehead atoms. The highest BCUT2D eigenvalue weighted by molar-refractivity contribution is 7.92. The van der Waals surface area contributed by atoms with Gasteiger partial charge in [0.25, 0.3) is 0 Å². The van der Waals surface area contributed by atoms with E-state index < -0.39 is 29.1 Å². The number of Topliss-reactive ketones (excluding diaryl/α,β-unsaturated/α-hetero) is 1. The van der Waals surface area contributed by atoms with Gasteiger partial charge in [-0.05, 0) is 38.5 Å². The molecule has 7 nitrogen and oxygen atoms in total. The molecule has 0 saturated heterocycles. The van der Waals surface area contributed by atoms with Crippen molar-refractivity contribution in [3.05, 3.63) is 65.5 Å². The molecule has 8 heteroatoms. The van der Waals surface area contributed by atoms with Crippen LogP contribution >= 0.6 is 0 Å². The Hall–Kier alpha value is -2.87. The summed E-state index contributed by atoms with van der Waals surface area (Å²) in [7, 11) is -3.71. The van der Waals surface area contributed by atoms with E-state index in [2.05, 4.69) is 6.58 Å². The molecule has 0 N–H and O–H groups in total. The van der Waals surface area contributed by atoms with Crippen molar-refractivity contribution >= 4 is 27.5 Å². The highest BCUT2D eigenvalue weighted by Gasteiger charge is 2.24. The van der Waals surface area contributed by atoms with Crippen LogP contribution in [-0.2, 0) is 26.1 Å². The van der Waals surface area contributed by atoms with Gasteiger partial charge in [0.1, 0.15) is 6.54 Å². The number of para-hydroxylation sites is 1. The average Bonchev–Trinajstić information content (AvgIpc) is 2.93. The Morgan fingerprint density at radius 1 is 1.21 bits per heavy atom. The second kappa shape index (κ2) is 9.09. The summed E-state index contributed by atoms with van der Waals surface area (Å²) in [5.74, 6) is -1.14. The van der Waals surface area contributed by atoms with Crippen molar-refractivity contribution in [2.24, 2.45) is 0 Å². The number of anilines is 1. The molecular formula is C21H26N2O5S. The molecule has 0 aliphatic rings. The van der Waals surface area contributed by atoms with Crippen molar-refractivity contribution in [1.82, 2.24) is 4.57 Å². The average molecular weight is 419 g/mol. The first-order valence-electron chi connectivity index (χ1n) is 9.06. The van der Waals surface area contributed by atoms with Crippen molar-refractivity contribution in [2.75, 3.05) is 23.7 Å². The highest BCUT2D eigenvalue weighted by Crippen LogP contribution is 2.22. The highest BCUT2D eigenvalue weighted by atomic mass is 32.2. The fourth-order valence-electron chi connectivity index (χ4n) is 3.10. The molecule has 0 aliphatic carbocycles. The fraction of sp³-hybridized carbons (Fsp3) is 0.333. The number of ketones is 1. The van der Waals surface area contributed by atoms with E-state index in [-0.39, 0.29) is 5.78 Å². The summed E-state index contributed by atoms with van der Waals surface area (Å²) in [5, 5.41) is 0. The van der Waals surface area contributed by atoms with Crippen LogP contribution in [0.25, 0.3) is 0 Å². The fourth-order valence-corrected chi connectivity index (χ4v) is 4.01. The Kier molecular flexibility index (Phi) is 7.02. The quantitative estimate of drug-likeness (QED) is 0.355. The second-order valence-corrected chi connectivity index (χ2v) is 8.73. The topological polar surface area (TPSA) is 85.7 Å². The number of esters is 1. The third kappa shape index (κ3) is 5.35. The molecule has 1 heterocycles. The zero-order chi connectivity index (χ0) is 21.8. The summed E-state index contributed by atoms with van der Waals surface area (Å²) < 4.78 is 32.3. The van der Waals surface area contributed by atoms with Crippen LogP contribution in [0, 0.1) is 20.8 Å². The van der Waals surface area contributed by atoms with Crippen molar-refractivity contribution < 1.29 is 22.7 Å². The zero-order valence-corrected chi connectivity index (χ0v) is 18.0. The van der Waals surface area contributed by atoms with E-state index >= 15 is 0 Å². The van der Waals surface area contributed by atoms with Gasteiger partial charge in [-0.1, -0.05) is 24.3 Å². The third-order valence-corrected chi connectivity index (χ3v) is 5.73. The van der Waals surface area contributed by atoms with Gasteiger partial charge in [-0.2, -0.15) is 0 Å². The van der Waals surface area contributed by atoms with E-state index in [1.807, 2.05) is 18.4 Å². The largest absolute Gasteiger partial charge is 0.456 e. The number of rotatable bonds is 9. The first-order chi connectivity index (χ1) is 13.6. The minimum atomic E-state index is -3.71. The van der Waals surface area contributed by atoms with E-state index in [1.165, 1.54) is 0 Å². The van der Waals surface area contributed by atoms with Gasteiger partial charge in [-0.3, -0.25) is 13.9 Å². The van der Waals surface area contributed by atoms with Gasteiger partial charge in [-0.25, -0.2) is 8.42 Å². The number of hydrogen-bond donors (Lipinski definition) is 0. The number of nitrogens with zero attached hydrogens (tertiary/aromatic N) is 2. The molecule has 0 unspecified atom stereocenters. The number of ether oxygens (including phenoxy) is 1. The van der Waals surface area contributed by atoms with E-state index in [1.54, 1.807) is 43.3 Å². The molecule has 0 atom stereocenters. The normalized spacial score (nSPS) is 11.2. The lowest BCUT2D eigenvalue weighted by Gasteiger charge is -2.23. The van der Waals surface area contributed by atoms with Crippen molar-refractivity contribution in [1.29, 1.82) is 0 Å².